The van der Waals surface area contributed by atoms with Crippen molar-refractivity contribution >= 4 is 16.8 Å². The van der Waals surface area contributed by atoms with E-state index >= 15 is 0 Å². The zero-order valence-electron chi connectivity index (χ0n) is 12.4. The third kappa shape index (κ3) is 2.94. The number of benzene rings is 1. The summed E-state index contributed by atoms with van der Waals surface area (Å²) in [4.78, 5) is 19.8. The quantitative estimate of drug-likeness (QED) is 0.877. The average Bonchev–Trinajstić information content (AvgIpc) is 2.91. The normalized spacial score (nSPS) is 18.1. The van der Waals surface area contributed by atoms with E-state index in [-0.39, 0.29) is 5.91 Å². The van der Waals surface area contributed by atoms with Gasteiger partial charge in [0.25, 0.3) is 0 Å². The molecule has 1 aromatic carbocycles. The zero-order chi connectivity index (χ0) is 14.8. The van der Waals surface area contributed by atoms with Crippen LogP contribution in [-0.2, 0) is 11.2 Å². The van der Waals surface area contributed by atoms with Crippen molar-refractivity contribution in [2.45, 2.75) is 12.5 Å². The Bertz CT molecular complexity index is 628. The number of rotatable bonds is 3. The molecule has 1 atom stereocenters. The standard InChI is InChI=1S/C16H22N4O/c1-19-6-8-20(9-7-19)16(21)14(17)10-12-11-18-15-5-3-2-4-13(12)15/h2-5,11,14,18H,6-10,17H2,1H3/t14-/m1/s1. The van der Waals surface area contributed by atoms with E-state index in [1.54, 1.807) is 0 Å². The molecule has 2 heterocycles. The van der Waals surface area contributed by atoms with Gasteiger partial charge in [-0.1, -0.05) is 18.2 Å². The van der Waals surface area contributed by atoms with Gasteiger partial charge in [-0.25, -0.2) is 0 Å². The van der Waals surface area contributed by atoms with Crippen LogP contribution >= 0.6 is 0 Å². The molecule has 1 amide bonds. The molecular weight excluding hydrogens is 264 g/mol. The van der Waals surface area contributed by atoms with Crippen LogP contribution in [0.25, 0.3) is 10.9 Å². The highest BCUT2D eigenvalue weighted by atomic mass is 16.2. The van der Waals surface area contributed by atoms with Gasteiger partial charge in [-0.05, 0) is 25.1 Å². The van der Waals surface area contributed by atoms with E-state index in [0.717, 1.165) is 42.6 Å². The van der Waals surface area contributed by atoms with Gasteiger partial charge < -0.3 is 20.5 Å². The number of hydrogen-bond acceptors (Lipinski definition) is 3. The van der Waals surface area contributed by atoms with Gasteiger partial charge >= 0.3 is 0 Å². The molecule has 1 aliphatic rings. The molecule has 0 aliphatic carbocycles. The number of amides is 1. The van der Waals surface area contributed by atoms with Crippen molar-refractivity contribution in [1.82, 2.24) is 14.8 Å². The minimum atomic E-state index is -0.465. The maximum absolute atomic E-state index is 12.4. The minimum absolute atomic E-state index is 0.0633. The van der Waals surface area contributed by atoms with Crippen LogP contribution in [0.5, 0.6) is 0 Å². The molecule has 3 rings (SSSR count). The van der Waals surface area contributed by atoms with E-state index < -0.39 is 6.04 Å². The molecular formula is C16H22N4O. The first kappa shape index (κ1) is 14.1. The first-order valence-corrected chi connectivity index (χ1v) is 7.43. The van der Waals surface area contributed by atoms with Crippen molar-refractivity contribution in [3.8, 4) is 0 Å². The molecule has 1 aromatic heterocycles. The van der Waals surface area contributed by atoms with E-state index in [0.29, 0.717) is 6.42 Å². The third-order valence-corrected chi connectivity index (χ3v) is 4.25. The Labute approximate surface area is 124 Å². The first-order valence-electron chi connectivity index (χ1n) is 7.43. The number of piperazine rings is 1. The average molecular weight is 286 g/mol. The van der Waals surface area contributed by atoms with Crippen molar-refractivity contribution in [3.63, 3.8) is 0 Å². The van der Waals surface area contributed by atoms with Gasteiger partial charge in [0.05, 0.1) is 6.04 Å². The Hall–Kier alpha value is -1.85. The summed E-state index contributed by atoms with van der Waals surface area (Å²) in [5, 5.41) is 1.15. The topological polar surface area (TPSA) is 65.4 Å². The lowest BCUT2D eigenvalue weighted by molar-refractivity contribution is -0.134. The molecule has 0 spiro atoms. The Morgan fingerprint density at radius 1 is 1.29 bits per heavy atom. The number of aromatic nitrogens is 1. The number of H-pyrrole nitrogens is 1. The van der Waals surface area contributed by atoms with Gasteiger partial charge in [-0.3, -0.25) is 4.79 Å². The number of carbonyl (C=O) groups is 1. The summed E-state index contributed by atoms with van der Waals surface area (Å²) < 4.78 is 0. The van der Waals surface area contributed by atoms with Crippen LogP contribution in [0.4, 0.5) is 0 Å². The van der Waals surface area contributed by atoms with Crippen molar-refractivity contribution < 1.29 is 4.79 Å². The molecule has 112 valence electrons. The fourth-order valence-electron chi connectivity index (χ4n) is 2.89. The second-order valence-corrected chi connectivity index (χ2v) is 5.80. The SMILES string of the molecule is CN1CCN(C(=O)[C@H](N)Cc2c[nH]c3ccccc23)CC1. The lowest BCUT2D eigenvalue weighted by Gasteiger charge is -2.33. The fourth-order valence-corrected chi connectivity index (χ4v) is 2.89. The Morgan fingerprint density at radius 3 is 2.76 bits per heavy atom. The molecule has 5 nitrogen and oxygen atoms in total. The molecule has 2 aromatic rings. The van der Waals surface area contributed by atoms with E-state index in [1.807, 2.05) is 29.3 Å². The number of nitrogens with two attached hydrogens (primary N) is 1. The maximum atomic E-state index is 12.4. The molecule has 1 fully saturated rings. The van der Waals surface area contributed by atoms with Crippen molar-refractivity contribution in [1.29, 1.82) is 0 Å². The summed E-state index contributed by atoms with van der Waals surface area (Å²) in [7, 11) is 2.08. The van der Waals surface area contributed by atoms with Crippen LogP contribution in [0, 0.1) is 0 Å². The molecule has 0 saturated carbocycles. The number of carbonyl (C=O) groups excluding carboxylic acids is 1. The predicted molar refractivity (Wildman–Crippen MR) is 84.1 cm³/mol. The molecule has 21 heavy (non-hydrogen) atoms. The number of hydrogen-bond donors (Lipinski definition) is 2. The largest absolute Gasteiger partial charge is 0.361 e. The number of likely N-dealkylation sites (N-methyl/N-ethyl adjacent to an activating group) is 1. The zero-order valence-corrected chi connectivity index (χ0v) is 12.4. The molecule has 1 aliphatic heterocycles. The van der Waals surface area contributed by atoms with E-state index in [9.17, 15) is 4.79 Å². The molecule has 1 saturated heterocycles. The first-order chi connectivity index (χ1) is 10.1. The lowest BCUT2D eigenvalue weighted by atomic mass is 10.0. The van der Waals surface area contributed by atoms with Gasteiger partial charge in [-0.15, -0.1) is 0 Å². The van der Waals surface area contributed by atoms with Crippen LogP contribution in [0.3, 0.4) is 0 Å². The van der Waals surface area contributed by atoms with E-state index in [1.165, 1.54) is 0 Å². The van der Waals surface area contributed by atoms with Crippen molar-refractivity contribution in [2.75, 3.05) is 33.2 Å². The summed E-state index contributed by atoms with van der Waals surface area (Å²) in [6, 6.07) is 7.64. The van der Waals surface area contributed by atoms with Gasteiger partial charge in [-0.2, -0.15) is 0 Å². The van der Waals surface area contributed by atoms with Crippen LogP contribution < -0.4 is 5.73 Å². The molecule has 0 radical (unpaired) electrons. The summed E-state index contributed by atoms with van der Waals surface area (Å²) in [5.41, 5.74) is 8.35. The Balaban J connectivity index is 1.68. The third-order valence-electron chi connectivity index (χ3n) is 4.25. The highest BCUT2D eigenvalue weighted by Gasteiger charge is 2.24. The highest BCUT2D eigenvalue weighted by Crippen LogP contribution is 2.19. The summed E-state index contributed by atoms with van der Waals surface area (Å²) in [6.07, 6.45) is 2.54. The van der Waals surface area contributed by atoms with Crippen LogP contribution in [-0.4, -0.2) is 60.0 Å². The van der Waals surface area contributed by atoms with Gasteiger partial charge in [0, 0.05) is 43.3 Å². The fraction of sp³-hybridized carbons (Fsp3) is 0.438. The number of nitrogens with one attached hydrogen (secondary N) is 1. The summed E-state index contributed by atoms with van der Waals surface area (Å²) >= 11 is 0. The second kappa shape index (κ2) is 5.87. The minimum Gasteiger partial charge on any atom is -0.361 e. The van der Waals surface area contributed by atoms with Crippen LogP contribution in [0.2, 0.25) is 0 Å². The van der Waals surface area contributed by atoms with Gasteiger partial charge in [0.2, 0.25) is 5.91 Å². The van der Waals surface area contributed by atoms with Gasteiger partial charge in [0.15, 0.2) is 0 Å². The number of nitrogens with zero attached hydrogens (tertiary/aromatic N) is 2. The second-order valence-electron chi connectivity index (χ2n) is 5.80. The number of para-hydroxylation sites is 1. The summed E-state index contributed by atoms with van der Waals surface area (Å²) in [6.45, 7) is 3.39. The van der Waals surface area contributed by atoms with E-state index in [4.69, 9.17) is 5.73 Å². The molecule has 0 unspecified atom stereocenters. The number of aromatic amines is 1. The van der Waals surface area contributed by atoms with Crippen molar-refractivity contribution in [2.24, 2.45) is 5.73 Å². The smallest absolute Gasteiger partial charge is 0.239 e. The Kier molecular flexibility index (Phi) is 3.94. The maximum Gasteiger partial charge on any atom is 0.239 e. The van der Waals surface area contributed by atoms with Crippen LogP contribution in [0.15, 0.2) is 30.5 Å². The monoisotopic (exact) mass is 286 g/mol. The molecule has 0 bridgehead atoms. The van der Waals surface area contributed by atoms with Crippen LogP contribution in [0.1, 0.15) is 5.56 Å². The van der Waals surface area contributed by atoms with Crippen molar-refractivity contribution in [3.05, 3.63) is 36.0 Å². The molecule has 3 N–H and O–H groups in total. The van der Waals surface area contributed by atoms with E-state index in [2.05, 4.69) is 23.0 Å². The Morgan fingerprint density at radius 2 is 2.00 bits per heavy atom. The molecule has 5 heteroatoms. The summed E-state index contributed by atoms with van der Waals surface area (Å²) in [5.74, 6) is 0.0633. The predicted octanol–water partition coefficient (Wildman–Crippen LogP) is 0.812. The number of fused-ring (bicyclic) bond motifs is 1. The van der Waals surface area contributed by atoms with Gasteiger partial charge in [0.1, 0.15) is 0 Å². The lowest BCUT2D eigenvalue weighted by Crippen LogP contribution is -2.52. The highest BCUT2D eigenvalue weighted by molar-refractivity contribution is 5.86.